The number of nitrogens with one attached hydrogen (secondary N) is 1. The summed E-state index contributed by atoms with van der Waals surface area (Å²) in [5, 5.41) is 3.96. The molecule has 0 aliphatic carbocycles. The number of esters is 2. The lowest BCUT2D eigenvalue weighted by Crippen LogP contribution is -2.56. The Bertz CT molecular complexity index is 1790. The van der Waals surface area contributed by atoms with Crippen molar-refractivity contribution in [1.82, 2.24) is 24.9 Å². The van der Waals surface area contributed by atoms with E-state index in [-0.39, 0.29) is 33.5 Å². The summed E-state index contributed by atoms with van der Waals surface area (Å²) in [4.78, 5) is 51.4. The number of nitrogens with zero attached hydrogens (tertiary/aromatic N) is 4. The molecule has 2 aromatic carbocycles. The molecule has 0 radical (unpaired) electrons. The summed E-state index contributed by atoms with van der Waals surface area (Å²) in [7, 11) is 4.85. The number of dihydropyridines is 1. The van der Waals surface area contributed by atoms with Crippen LogP contribution in [-0.2, 0) is 41.6 Å². The molecule has 0 spiro atoms. The number of amides is 1. The number of piperazine rings is 1. The molecule has 0 saturated carbocycles. The fourth-order valence-electron chi connectivity index (χ4n) is 9.32. The highest BCUT2D eigenvalue weighted by Crippen LogP contribution is 2.46. The van der Waals surface area contributed by atoms with Gasteiger partial charge in [-0.3, -0.25) is 9.69 Å². The van der Waals surface area contributed by atoms with E-state index in [4.69, 9.17) is 37.4 Å². The normalized spacial score (nSPS) is 22.9. The fraction of sp³-hybridized carbons (Fsp3) is 0.568. The third-order valence-electron chi connectivity index (χ3n) is 12.7. The van der Waals surface area contributed by atoms with Crippen molar-refractivity contribution >= 4 is 41.0 Å². The summed E-state index contributed by atoms with van der Waals surface area (Å²) in [6.07, 6.45) is 5.70. The van der Waals surface area contributed by atoms with Gasteiger partial charge >= 0.3 is 11.9 Å². The predicted molar refractivity (Wildman–Crippen MR) is 223 cm³/mol. The average Bonchev–Trinajstić information content (AvgIpc) is 3.40. The Kier molecular flexibility index (Phi) is 15.1. The van der Waals surface area contributed by atoms with Crippen LogP contribution < -0.4 is 5.32 Å². The molecule has 4 heterocycles. The van der Waals surface area contributed by atoms with Crippen LogP contribution in [0.1, 0.15) is 75.0 Å². The number of allylic oxidation sites excluding steroid dienone is 1. The number of aryl methyl sites for hydroxylation is 1. The smallest absolute Gasteiger partial charge is 0.336 e. The zero-order valence-electron chi connectivity index (χ0n) is 34.2. The fourth-order valence-corrected chi connectivity index (χ4v) is 9.94. The first-order valence-corrected chi connectivity index (χ1v) is 21.3. The maximum Gasteiger partial charge on any atom is 0.336 e. The van der Waals surface area contributed by atoms with Crippen molar-refractivity contribution in [3.63, 3.8) is 0 Å². The maximum atomic E-state index is 14.2. The molecule has 2 aromatic rings. The first-order chi connectivity index (χ1) is 27.6. The maximum absolute atomic E-state index is 14.2. The molecule has 57 heavy (non-hydrogen) atoms. The third-order valence-corrected chi connectivity index (χ3v) is 13.3. The second-order valence-electron chi connectivity index (χ2n) is 15.6. The van der Waals surface area contributed by atoms with Crippen LogP contribution in [0.4, 0.5) is 0 Å². The van der Waals surface area contributed by atoms with Crippen LogP contribution >= 0.6 is 23.2 Å². The summed E-state index contributed by atoms with van der Waals surface area (Å²) in [6.45, 7) is 11.0. The van der Waals surface area contributed by atoms with Gasteiger partial charge in [0.05, 0.1) is 50.9 Å². The van der Waals surface area contributed by atoms with Crippen molar-refractivity contribution in [2.24, 2.45) is 0 Å². The van der Waals surface area contributed by atoms with Crippen LogP contribution in [0.3, 0.4) is 0 Å². The van der Waals surface area contributed by atoms with Crippen molar-refractivity contribution in [1.29, 1.82) is 0 Å². The van der Waals surface area contributed by atoms with Gasteiger partial charge in [-0.15, -0.1) is 0 Å². The Morgan fingerprint density at radius 1 is 0.789 bits per heavy atom. The number of benzene rings is 2. The van der Waals surface area contributed by atoms with E-state index in [9.17, 15) is 14.4 Å². The molecule has 1 N–H and O–H groups in total. The van der Waals surface area contributed by atoms with Gasteiger partial charge in [-0.1, -0.05) is 67.4 Å². The van der Waals surface area contributed by atoms with E-state index in [0.717, 1.165) is 43.9 Å². The van der Waals surface area contributed by atoms with E-state index in [1.54, 1.807) is 18.2 Å². The first-order valence-electron chi connectivity index (χ1n) is 20.5. The Labute approximate surface area is 348 Å². The molecule has 0 aromatic heterocycles. The van der Waals surface area contributed by atoms with Gasteiger partial charge in [-0.25, -0.2) is 9.59 Å². The van der Waals surface area contributed by atoms with Gasteiger partial charge in [0, 0.05) is 77.9 Å². The van der Waals surface area contributed by atoms with E-state index in [2.05, 4.69) is 53.0 Å². The van der Waals surface area contributed by atoms with Gasteiger partial charge in [0.25, 0.3) is 0 Å². The van der Waals surface area contributed by atoms with Gasteiger partial charge in [0.1, 0.15) is 0 Å². The number of rotatable bonds is 16. The van der Waals surface area contributed by atoms with Gasteiger partial charge in [0.15, 0.2) is 0 Å². The highest BCUT2D eigenvalue weighted by molar-refractivity contribution is 6.36. The van der Waals surface area contributed by atoms with Crippen molar-refractivity contribution < 1.29 is 28.6 Å². The number of ether oxygens (including phenoxy) is 3. The van der Waals surface area contributed by atoms with Crippen LogP contribution in [0.25, 0.3) is 0 Å². The number of fused-ring (bicyclic) bond motifs is 2. The minimum absolute atomic E-state index is 0.101. The molecule has 310 valence electrons. The molecule has 2 bridgehead atoms. The van der Waals surface area contributed by atoms with Crippen LogP contribution in [0.5, 0.6) is 0 Å². The van der Waals surface area contributed by atoms with Crippen LogP contribution in [0.15, 0.2) is 65.0 Å². The lowest BCUT2D eigenvalue weighted by molar-refractivity contribution is -0.137. The number of carbonyl (C=O) groups is 3. The predicted octanol–water partition coefficient (Wildman–Crippen LogP) is 6.19. The van der Waals surface area contributed by atoms with Crippen molar-refractivity contribution in [2.75, 3.05) is 73.7 Å². The van der Waals surface area contributed by atoms with E-state index in [0.29, 0.717) is 74.2 Å². The van der Waals surface area contributed by atoms with E-state index in [1.165, 1.54) is 39.9 Å². The second kappa shape index (κ2) is 20.0. The molecular weight excluding hydrogens is 765 g/mol. The highest BCUT2D eigenvalue weighted by Gasteiger charge is 2.43. The summed E-state index contributed by atoms with van der Waals surface area (Å²) >= 11 is 13.7. The number of hydrogen-bond acceptors (Lipinski definition) is 10. The summed E-state index contributed by atoms with van der Waals surface area (Å²) in [5.41, 5.74) is 3.66. The standard InChI is InChI=1S/C44H59Cl2N5O6/c1-6-49(7-2)23-24-57-28-30-12-9-8-11-29(30)15-18-36-40(43(53)55-4)42(39-34(45)13-10-14-35(39)46)41(44(54)56-5)37(47-36)27-38(52)51-21-19-50(20-22-51)33-25-31-16-17-32(26-33)48(31)3/h8-14,31-33,42,47H,6-7,15-28H2,1-5H3. The number of hydrogen-bond donors (Lipinski definition) is 1. The molecule has 11 nitrogen and oxygen atoms in total. The third kappa shape index (κ3) is 9.89. The topological polar surface area (TPSA) is 104 Å². The molecule has 3 atom stereocenters. The highest BCUT2D eigenvalue weighted by atomic mass is 35.5. The number of piperidine rings is 1. The second-order valence-corrected chi connectivity index (χ2v) is 16.4. The van der Waals surface area contributed by atoms with E-state index < -0.39 is 17.9 Å². The molecule has 3 fully saturated rings. The zero-order valence-corrected chi connectivity index (χ0v) is 35.7. The molecule has 3 unspecified atom stereocenters. The SMILES string of the molecule is CCN(CC)CCOCc1ccccc1CCC1=C(C(=O)OC)C(c2c(Cl)cccc2Cl)C(C(=O)OC)=C(CC(=O)N2CCN(C3CC4CCC(C3)N4C)CC2)N1. The molecule has 4 aliphatic heterocycles. The largest absolute Gasteiger partial charge is 0.466 e. The van der Waals surface area contributed by atoms with Crippen LogP contribution in [-0.4, -0.2) is 129 Å². The zero-order chi connectivity index (χ0) is 40.6. The quantitative estimate of drug-likeness (QED) is 0.156. The Balaban J connectivity index is 1.27. The van der Waals surface area contributed by atoms with Gasteiger partial charge in [-0.2, -0.15) is 0 Å². The van der Waals surface area contributed by atoms with E-state index in [1.807, 2.05) is 17.0 Å². The van der Waals surface area contributed by atoms with Gasteiger partial charge in [0.2, 0.25) is 5.91 Å². The van der Waals surface area contributed by atoms with Crippen molar-refractivity contribution in [3.05, 3.63) is 91.7 Å². The molecule has 6 rings (SSSR count). The molecule has 13 heteroatoms. The molecular formula is C44H59Cl2N5O6. The number of methoxy groups -OCH3 is 2. The van der Waals surface area contributed by atoms with Crippen molar-refractivity contribution in [2.45, 2.75) is 89.4 Å². The lowest BCUT2D eigenvalue weighted by Gasteiger charge is -2.45. The minimum atomic E-state index is -1.06. The van der Waals surface area contributed by atoms with Gasteiger partial charge in [-0.05, 0) is 81.9 Å². The number of halogens is 2. The Morgan fingerprint density at radius 3 is 1.98 bits per heavy atom. The Hall–Kier alpha value is -3.45. The molecule has 3 saturated heterocycles. The van der Waals surface area contributed by atoms with E-state index >= 15 is 0 Å². The summed E-state index contributed by atoms with van der Waals surface area (Å²) < 4.78 is 16.9. The van der Waals surface area contributed by atoms with Crippen LogP contribution in [0, 0.1) is 0 Å². The number of carbonyl (C=O) groups excluding carboxylic acids is 3. The lowest BCUT2D eigenvalue weighted by atomic mass is 9.78. The average molecular weight is 825 g/mol. The minimum Gasteiger partial charge on any atom is -0.466 e. The van der Waals surface area contributed by atoms with Crippen LogP contribution in [0.2, 0.25) is 10.0 Å². The first kappa shape index (κ1) is 43.1. The number of likely N-dealkylation sites (N-methyl/N-ethyl adjacent to an activating group) is 1. The van der Waals surface area contributed by atoms with Crippen molar-refractivity contribution in [3.8, 4) is 0 Å². The monoisotopic (exact) mass is 823 g/mol. The summed E-state index contributed by atoms with van der Waals surface area (Å²) in [6, 6.07) is 15.0. The molecule has 4 aliphatic rings. The Morgan fingerprint density at radius 2 is 1.39 bits per heavy atom. The van der Waals surface area contributed by atoms with Gasteiger partial charge < -0.3 is 34.2 Å². The molecule has 1 amide bonds. The summed E-state index contributed by atoms with van der Waals surface area (Å²) in [5.74, 6) is -2.50.